The summed E-state index contributed by atoms with van der Waals surface area (Å²) in [6, 6.07) is 3.37. The number of aromatic nitrogens is 2. The first-order valence-corrected chi connectivity index (χ1v) is 13.6. The van der Waals surface area contributed by atoms with E-state index in [9.17, 15) is 0 Å². The number of pyridine rings is 1. The molecule has 2 aromatic rings. The van der Waals surface area contributed by atoms with Crippen LogP contribution in [0, 0.1) is 5.92 Å². The molecule has 2 aromatic heterocycles. The van der Waals surface area contributed by atoms with Gasteiger partial charge in [-0.15, -0.1) is 0 Å². The zero-order valence-electron chi connectivity index (χ0n) is 15.7. The normalized spacial score (nSPS) is 16.5. The molecule has 1 aliphatic rings. The quantitative estimate of drug-likeness (QED) is 0.407. The van der Waals surface area contributed by atoms with E-state index in [1.807, 2.05) is 6.20 Å². The lowest BCUT2D eigenvalue weighted by Crippen LogP contribution is -2.22. The third kappa shape index (κ3) is 4.93. The first-order valence-electron chi connectivity index (χ1n) is 9.10. The predicted molar refractivity (Wildman–Crippen MR) is 109 cm³/mol. The molecule has 2 heterocycles. The van der Waals surface area contributed by atoms with Gasteiger partial charge in [-0.1, -0.05) is 19.6 Å². The van der Waals surface area contributed by atoms with Crippen LogP contribution in [0.4, 0.5) is 0 Å². The van der Waals surface area contributed by atoms with Gasteiger partial charge in [0.1, 0.15) is 12.4 Å². The lowest BCUT2D eigenvalue weighted by molar-refractivity contribution is 0.0896. The Morgan fingerprint density at radius 1 is 1.36 bits per heavy atom. The Labute approximate surface area is 160 Å². The van der Waals surface area contributed by atoms with E-state index in [2.05, 4.69) is 57.4 Å². The fourth-order valence-electron chi connectivity index (χ4n) is 3.27. The van der Waals surface area contributed by atoms with Crippen LogP contribution in [-0.2, 0) is 16.2 Å². The minimum absolute atomic E-state index is 0.451. The highest BCUT2D eigenvalue weighted by Gasteiger charge is 2.34. The Kier molecular flexibility index (Phi) is 6.03. The third-order valence-electron chi connectivity index (χ3n) is 4.87. The number of hydrogen-bond donors (Lipinski definition) is 0. The van der Waals surface area contributed by atoms with E-state index in [1.165, 1.54) is 29.8 Å². The number of hydrogen-bond acceptors (Lipinski definition) is 3. The highest BCUT2D eigenvalue weighted by atomic mass is 79.9. The zero-order valence-corrected chi connectivity index (χ0v) is 18.3. The lowest BCUT2D eigenvalue weighted by atomic mass is 9.95. The van der Waals surface area contributed by atoms with Crippen molar-refractivity contribution in [3.05, 3.63) is 28.5 Å². The van der Waals surface area contributed by atoms with E-state index in [-0.39, 0.29) is 0 Å². The number of nitrogens with zero attached hydrogens (tertiary/aromatic N) is 2. The summed E-state index contributed by atoms with van der Waals surface area (Å²) in [4.78, 5) is 4.66. The zero-order chi connectivity index (χ0) is 18.0. The number of fused-ring (bicyclic) bond motifs is 1. The molecule has 0 saturated heterocycles. The second kappa shape index (κ2) is 7.90. The molecule has 1 fully saturated rings. The topological polar surface area (TPSA) is 36.3 Å². The fraction of sp³-hybridized carbons (Fsp3) is 0.632. The molecule has 0 bridgehead atoms. The van der Waals surface area contributed by atoms with Crippen LogP contribution < -0.4 is 0 Å². The number of ether oxygens (including phenoxy) is 2. The van der Waals surface area contributed by atoms with Gasteiger partial charge in [0, 0.05) is 50.0 Å². The van der Waals surface area contributed by atoms with Crippen molar-refractivity contribution in [1.82, 2.24) is 9.55 Å². The van der Waals surface area contributed by atoms with Crippen LogP contribution in [-0.4, -0.2) is 37.9 Å². The van der Waals surface area contributed by atoms with Gasteiger partial charge in [-0.2, -0.15) is 0 Å². The predicted octanol–water partition coefficient (Wildman–Crippen LogP) is 5.25. The molecule has 0 spiro atoms. The minimum atomic E-state index is -1.06. The minimum Gasteiger partial charge on any atom is -0.384 e. The monoisotopic (exact) mass is 424 g/mol. The van der Waals surface area contributed by atoms with Crippen molar-refractivity contribution < 1.29 is 9.47 Å². The van der Waals surface area contributed by atoms with Crippen LogP contribution in [0.15, 0.2) is 22.9 Å². The molecule has 4 nitrogen and oxygen atoms in total. The first-order chi connectivity index (χ1) is 11.9. The summed E-state index contributed by atoms with van der Waals surface area (Å²) in [5.41, 5.74) is 2.36. The molecule has 1 saturated carbocycles. The molecule has 0 N–H and O–H groups in total. The second-order valence-electron chi connectivity index (χ2n) is 8.33. The number of rotatable bonds is 9. The summed E-state index contributed by atoms with van der Waals surface area (Å²) in [6.45, 7) is 9.30. The van der Waals surface area contributed by atoms with Crippen LogP contribution in [0.1, 0.15) is 24.3 Å². The van der Waals surface area contributed by atoms with Crippen molar-refractivity contribution >= 4 is 35.0 Å². The van der Waals surface area contributed by atoms with Gasteiger partial charge < -0.3 is 14.0 Å². The molecule has 138 valence electrons. The molecular formula is C19H29BrN2O2Si. The van der Waals surface area contributed by atoms with Crippen LogP contribution in [0.3, 0.4) is 0 Å². The Bertz CT molecular complexity index is 722. The summed E-state index contributed by atoms with van der Waals surface area (Å²) in [5, 5.41) is 1.22. The lowest BCUT2D eigenvalue weighted by Gasteiger charge is -2.16. The molecule has 3 rings (SSSR count). The van der Waals surface area contributed by atoms with Gasteiger partial charge in [0.25, 0.3) is 0 Å². The largest absolute Gasteiger partial charge is 0.384 e. The van der Waals surface area contributed by atoms with Crippen LogP contribution in [0.5, 0.6) is 0 Å². The van der Waals surface area contributed by atoms with Crippen molar-refractivity contribution in [1.29, 1.82) is 0 Å². The summed E-state index contributed by atoms with van der Waals surface area (Å²) in [7, 11) is 0.735. The van der Waals surface area contributed by atoms with E-state index in [0.717, 1.165) is 29.3 Å². The van der Waals surface area contributed by atoms with Crippen LogP contribution >= 0.6 is 15.9 Å². The molecule has 1 atom stereocenters. The van der Waals surface area contributed by atoms with Crippen LogP contribution in [0.25, 0.3) is 11.0 Å². The average Bonchev–Trinajstić information content (AvgIpc) is 3.31. The summed E-state index contributed by atoms with van der Waals surface area (Å²) in [5.74, 6) is 1.19. The summed E-state index contributed by atoms with van der Waals surface area (Å²) >= 11 is 3.57. The molecule has 0 aliphatic heterocycles. The molecule has 0 amide bonds. The molecule has 0 radical (unpaired) electrons. The van der Waals surface area contributed by atoms with Gasteiger partial charge in [0.2, 0.25) is 0 Å². The molecule has 25 heavy (non-hydrogen) atoms. The van der Waals surface area contributed by atoms with Gasteiger partial charge in [-0.25, -0.2) is 4.98 Å². The van der Waals surface area contributed by atoms with E-state index in [0.29, 0.717) is 12.6 Å². The van der Waals surface area contributed by atoms with Crippen LogP contribution in [0.2, 0.25) is 25.7 Å². The van der Waals surface area contributed by atoms with Gasteiger partial charge >= 0.3 is 0 Å². The summed E-state index contributed by atoms with van der Waals surface area (Å²) < 4.78 is 14.7. The first kappa shape index (κ1) is 19.1. The van der Waals surface area contributed by atoms with E-state index >= 15 is 0 Å². The smallest absolute Gasteiger partial charge is 0.142 e. The highest BCUT2D eigenvalue weighted by molar-refractivity contribution is 9.10. The Morgan fingerprint density at radius 3 is 2.76 bits per heavy atom. The van der Waals surface area contributed by atoms with Gasteiger partial charge in [-0.3, -0.25) is 0 Å². The van der Waals surface area contributed by atoms with Crippen molar-refractivity contribution in [3.8, 4) is 0 Å². The average molecular weight is 425 g/mol. The second-order valence-corrected chi connectivity index (χ2v) is 14.9. The Balaban J connectivity index is 1.83. The molecular weight excluding hydrogens is 396 g/mol. The van der Waals surface area contributed by atoms with Crippen molar-refractivity contribution in [2.75, 3.05) is 20.3 Å². The number of methoxy groups -OCH3 is 1. The van der Waals surface area contributed by atoms with Gasteiger partial charge in [0.05, 0.1) is 6.61 Å². The molecule has 1 aliphatic carbocycles. The highest BCUT2D eigenvalue weighted by Crippen LogP contribution is 2.45. The van der Waals surface area contributed by atoms with Crippen molar-refractivity contribution in [3.63, 3.8) is 0 Å². The molecule has 0 aromatic carbocycles. The SMILES string of the molecule is COCC(c1cn(COCC[Si](C)(C)C)c2ncc(Br)cc12)C1CC1. The Hall–Kier alpha value is -0.693. The molecule has 1 unspecified atom stereocenters. The Morgan fingerprint density at radius 2 is 2.12 bits per heavy atom. The van der Waals surface area contributed by atoms with E-state index < -0.39 is 8.07 Å². The van der Waals surface area contributed by atoms with Gasteiger partial charge in [0.15, 0.2) is 0 Å². The summed E-state index contributed by atoms with van der Waals surface area (Å²) in [6.07, 6.45) is 6.71. The standard InChI is InChI=1S/C19H29BrN2O2Si/c1-23-12-18(14-5-6-14)17-11-22(13-24-7-8-25(2,3)4)19-16(17)9-15(20)10-21-19/h9-11,14,18H,5-8,12-13H2,1-4H3. The number of halogens is 1. The fourth-order valence-corrected chi connectivity index (χ4v) is 4.35. The third-order valence-corrected chi connectivity index (χ3v) is 7.01. The molecule has 6 heteroatoms. The van der Waals surface area contributed by atoms with E-state index in [4.69, 9.17) is 9.47 Å². The maximum atomic E-state index is 5.98. The maximum absolute atomic E-state index is 5.98. The van der Waals surface area contributed by atoms with E-state index in [1.54, 1.807) is 7.11 Å². The van der Waals surface area contributed by atoms with Gasteiger partial charge in [-0.05, 0) is 52.4 Å². The maximum Gasteiger partial charge on any atom is 0.142 e. The van der Waals surface area contributed by atoms with Crippen molar-refractivity contribution in [2.45, 2.75) is 51.2 Å². The van der Waals surface area contributed by atoms with Crippen molar-refractivity contribution in [2.24, 2.45) is 5.92 Å².